The number of benzene rings is 2. The fourth-order valence-corrected chi connectivity index (χ4v) is 4.71. The summed E-state index contributed by atoms with van der Waals surface area (Å²) >= 11 is 0. The predicted octanol–water partition coefficient (Wildman–Crippen LogP) is 3.64. The van der Waals surface area contributed by atoms with Crippen LogP contribution in [0.3, 0.4) is 0 Å². The van der Waals surface area contributed by atoms with Crippen molar-refractivity contribution < 1.29 is 18.0 Å². The van der Waals surface area contributed by atoms with E-state index >= 15 is 0 Å². The highest BCUT2D eigenvalue weighted by molar-refractivity contribution is 7.93. The van der Waals surface area contributed by atoms with Crippen LogP contribution in [0.15, 0.2) is 42.5 Å². The predicted molar refractivity (Wildman–Crippen MR) is 117 cm³/mol. The van der Waals surface area contributed by atoms with Crippen molar-refractivity contribution in [3.63, 3.8) is 0 Å². The topological polar surface area (TPSA) is 92.3 Å². The van der Waals surface area contributed by atoms with Crippen LogP contribution >= 0.6 is 0 Å². The molecule has 0 aliphatic carbocycles. The minimum Gasteiger partial charge on any atom is -0.325 e. The van der Waals surface area contributed by atoms with Gasteiger partial charge in [0.2, 0.25) is 11.8 Å². The quantitative estimate of drug-likeness (QED) is 0.687. The van der Waals surface area contributed by atoms with Gasteiger partial charge in [0.15, 0.2) is 9.84 Å². The van der Waals surface area contributed by atoms with Crippen LogP contribution in [0, 0.1) is 13.8 Å². The number of nitrogens with one attached hydrogen (secondary N) is 2. The molecule has 0 saturated carbocycles. The zero-order valence-electron chi connectivity index (χ0n) is 17.3. The molecule has 0 aliphatic rings. The molecule has 7 heteroatoms. The molecule has 0 bridgehead atoms. The van der Waals surface area contributed by atoms with Gasteiger partial charge >= 0.3 is 0 Å². The second kappa shape index (κ2) is 9.69. The molecule has 0 saturated heterocycles. The first-order valence-electron chi connectivity index (χ1n) is 9.64. The van der Waals surface area contributed by atoms with E-state index in [2.05, 4.69) is 10.6 Å². The summed E-state index contributed by atoms with van der Waals surface area (Å²) in [6.07, 6.45) is 0.952. The third-order valence-corrected chi connectivity index (χ3v) is 6.64. The number of hydrogen-bond acceptors (Lipinski definition) is 4. The molecule has 2 N–H and O–H groups in total. The van der Waals surface area contributed by atoms with E-state index in [1.165, 1.54) is 0 Å². The van der Waals surface area contributed by atoms with Gasteiger partial charge in [0.1, 0.15) is 11.0 Å². The van der Waals surface area contributed by atoms with Crippen molar-refractivity contribution in [3.8, 4) is 0 Å². The molecule has 1 atom stereocenters. The van der Waals surface area contributed by atoms with Crippen LogP contribution in [-0.2, 0) is 25.8 Å². The first-order valence-corrected chi connectivity index (χ1v) is 11.4. The summed E-state index contributed by atoms with van der Waals surface area (Å²) in [7, 11) is -3.97. The standard InChI is InChI=1S/C22H28N2O4S/c1-5-17-7-9-18(10-8-17)23-21(25)14-29(27,28)20(6-2)22(26)24-19-12-15(3)11-16(4)13-19/h7-13,20H,5-6,14H2,1-4H3,(H,23,25)(H,24,26). The minimum absolute atomic E-state index is 0.0808. The Morgan fingerprint density at radius 3 is 2.00 bits per heavy atom. The van der Waals surface area contributed by atoms with Gasteiger partial charge in [-0.15, -0.1) is 0 Å². The van der Waals surface area contributed by atoms with E-state index in [1.54, 1.807) is 31.2 Å². The van der Waals surface area contributed by atoms with Gasteiger partial charge in [0.25, 0.3) is 0 Å². The van der Waals surface area contributed by atoms with Gasteiger partial charge in [-0.2, -0.15) is 0 Å². The Hall–Kier alpha value is -2.67. The average molecular weight is 417 g/mol. The van der Waals surface area contributed by atoms with Gasteiger partial charge in [0, 0.05) is 11.4 Å². The summed E-state index contributed by atoms with van der Waals surface area (Å²) in [4.78, 5) is 24.9. The number of amides is 2. The van der Waals surface area contributed by atoms with Gasteiger partial charge in [-0.1, -0.05) is 32.0 Å². The molecule has 0 aliphatic heterocycles. The van der Waals surface area contributed by atoms with Crippen molar-refractivity contribution in [1.82, 2.24) is 0 Å². The van der Waals surface area contributed by atoms with E-state index in [0.717, 1.165) is 23.1 Å². The summed E-state index contributed by atoms with van der Waals surface area (Å²) in [5, 5.41) is 3.95. The summed E-state index contributed by atoms with van der Waals surface area (Å²) in [6.45, 7) is 7.43. The van der Waals surface area contributed by atoms with Crippen LogP contribution in [0.4, 0.5) is 11.4 Å². The fourth-order valence-electron chi connectivity index (χ4n) is 3.18. The molecule has 0 fully saturated rings. The Bertz CT molecular complexity index is 962. The molecule has 0 heterocycles. The third-order valence-electron chi connectivity index (χ3n) is 4.56. The van der Waals surface area contributed by atoms with E-state index in [0.29, 0.717) is 11.4 Å². The van der Waals surface area contributed by atoms with Gasteiger partial charge in [-0.25, -0.2) is 8.42 Å². The Morgan fingerprint density at radius 1 is 0.897 bits per heavy atom. The number of sulfone groups is 1. The minimum atomic E-state index is -3.97. The Morgan fingerprint density at radius 2 is 1.48 bits per heavy atom. The molecule has 156 valence electrons. The van der Waals surface area contributed by atoms with Crippen molar-refractivity contribution in [2.75, 3.05) is 16.4 Å². The number of rotatable bonds is 8. The van der Waals surface area contributed by atoms with Crippen molar-refractivity contribution in [2.24, 2.45) is 0 Å². The molecule has 2 aromatic rings. The van der Waals surface area contributed by atoms with Crippen LogP contribution in [-0.4, -0.2) is 31.2 Å². The van der Waals surface area contributed by atoms with Crippen LogP contribution in [0.25, 0.3) is 0 Å². The second-order valence-electron chi connectivity index (χ2n) is 7.17. The molecule has 2 rings (SSSR count). The smallest absolute Gasteiger partial charge is 0.242 e. The molecule has 2 amide bonds. The summed E-state index contributed by atoms with van der Waals surface area (Å²) in [6, 6.07) is 12.7. The third kappa shape index (κ3) is 6.42. The number of hydrogen-bond donors (Lipinski definition) is 2. The average Bonchev–Trinajstić information content (AvgIpc) is 2.61. The van der Waals surface area contributed by atoms with Gasteiger partial charge in [0.05, 0.1) is 0 Å². The number of anilines is 2. The molecular weight excluding hydrogens is 388 g/mol. The fraction of sp³-hybridized carbons (Fsp3) is 0.364. The van der Waals surface area contributed by atoms with E-state index < -0.39 is 32.7 Å². The maximum atomic E-state index is 12.7. The van der Waals surface area contributed by atoms with Crippen LogP contribution in [0.5, 0.6) is 0 Å². The highest BCUT2D eigenvalue weighted by atomic mass is 32.2. The highest BCUT2D eigenvalue weighted by Crippen LogP contribution is 2.17. The molecule has 6 nitrogen and oxygen atoms in total. The van der Waals surface area contributed by atoms with Crippen molar-refractivity contribution in [1.29, 1.82) is 0 Å². The van der Waals surface area contributed by atoms with Gasteiger partial charge in [-0.3, -0.25) is 9.59 Å². The molecule has 1 unspecified atom stereocenters. The van der Waals surface area contributed by atoms with Gasteiger partial charge < -0.3 is 10.6 Å². The Labute approximate surface area is 172 Å². The number of carbonyl (C=O) groups excluding carboxylic acids is 2. The lowest BCUT2D eigenvalue weighted by Gasteiger charge is -2.16. The van der Waals surface area contributed by atoms with Crippen LogP contribution in [0.1, 0.15) is 37.0 Å². The monoisotopic (exact) mass is 416 g/mol. The van der Waals surface area contributed by atoms with Crippen molar-refractivity contribution in [3.05, 3.63) is 59.2 Å². The van der Waals surface area contributed by atoms with Crippen LogP contribution < -0.4 is 10.6 Å². The largest absolute Gasteiger partial charge is 0.325 e. The maximum Gasteiger partial charge on any atom is 0.242 e. The first kappa shape index (κ1) is 22.6. The zero-order chi connectivity index (χ0) is 21.6. The lowest BCUT2D eigenvalue weighted by Crippen LogP contribution is -2.39. The molecule has 2 aromatic carbocycles. The van der Waals surface area contributed by atoms with Gasteiger partial charge in [-0.05, 0) is 67.6 Å². The van der Waals surface area contributed by atoms with E-state index in [1.807, 2.05) is 39.0 Å². The zero-order valence-corrected chi connectivity index (χ0v) is 18.1. The summed E-state index contributed by atoms with van der Waals surface area (Å²) < 4.78 is 25.4. The van der Waals surface area contributed by atoms with Crippen LogP contribution in [0.2, 0.25) is 0 Å². The van der Waals surface area contributed by atoms with Crippen molar-refractivity contribution in [2.45, 2.75) is 45.8 Å². The van der Waals surface area contributed by atoms with Crippen molar-refractivity contribution >= 4 is 33.0 Å². The van der Waals surface area contributed by atoms with E-state index in [4.69, 9.17) is 0 Å². The number of aryl methyl sites for hydroxylation is 3. The Balaban J connectivity index is 2.07. The summed E-state index contributed by atoms with van der Waals surface area (Å²) in [5.41, 5.74) is 4.11. The van der Waals surface area contributed by atoms with E-state index in [9.17, 15) is 18.0 Å². The number of carbonyl (C=O) groups is 2. The lowest BCUT2D eigenvalue weighted by molar-refractivity contribution is -0.115. The van der Waals surface area contributed by atoms with E-state index in [-0.39, 0.29) is 6.42 Å². The second-order valence-corrected chi connectivity index (χ2v) is 9.35. The highest BCUT2D eigenvalue weighted by Gasteiger charge is 2.33. The normalized spacial score (nSPS) is 12.3. The molecule has 0 aromatic heterocycles. The Kier molecular flexibility index (Phi) is 7.56. The summed E-state index contributed by atoms with van der Waals surface area (Å²) in [5.74, 6) is -2.04. The molecule has 29 heavy (non-hydrogen) atoms. The first-order chi connectivity index (χ1) is 13.6. The molecular formula is C22H28N2O4S. The molecule has 0 radical (unpaired) electrons. The lowest BCUT2D eigenvalue weighted by atomic mass is 10.1. The SMILES string of the molecule is CCc1ccc(NC(=O)CS(=O)(=O)C(CC)C(=O)Nc2cc(C)cc(C)c2)cc1. The maximum absolute atomic E-state index is 12.7. The molecule has 0 spiro atoms.